The fourth-order valence-electron chi connectivity index (χ4n) is 4.25. The number of nitrogen functional groups attached to an aromatic ring is 1. The highest BCUT2D eigenvalue weighted by atomic mass is 16.6. The van der Waals surface area contributed by atoms with Gasteiger partial charge >= 0.3 is 12.1 Å². The molecule has 2 aliphatic rings. The number of aromatic nitrogens is 2. The molecular formula is C24H34N8O5. The maximum Gasteiger partial charge on any atom is 0.410 e. The molecule has 0 atom stereocenters. The number of amides is 4. The van der Waals surface area contributed by atoms with Crippen molar-refractivity contribution < 1.29 is 23.7 Å². The number of urea groups is 1. The zero-order valence-corrected chi connectivity index (χ0v) is 21.5. The first-order valence-corrected chi connectivity index (χ1v) is 12.4. The highest BCUT2D eigenvalue weighted by Gasteiger charge is 2.28. The van der Waals surface area contributed by atoms with Gasteiger partial charge in [0, 0.05) is 63.7 Å². The molecule has 1 aromatic heterocycles. The van der Waals surface area contributed by atoms with E-state index >= 15 is 0 Å². The zero-order chi connectivity index (χ0) is 26.6. The second kappa shape index (κ2) is 10.9. The van der Waals surface area contributed by atoms with Crippen molar-refractivity contribution in [2.75, 3.05) is 68.3 Å². The number of ether oxygens (including phenoxy) is 1. The molecule has 3 heterocycles. The third-order valence-corrected chi connectivity index (χ3v) is 6.20. The predicted octanol–water partition coefficient (Wildman–Crippen LogP) is 2.09. The molecule has 37 heavy (non-hydrogen) atoms. The first kappa shape index (κ1) is 26.0. The van der Waals surface area contributed by atoms with Crippen molar-refractivity contribution in [3.05, 3.63) is 30.0 Å². The molecular weight excluding hydrogens is 480 g/mol. The molecule has 2 saturated heterocycles. The molecule has 0 radical (unpaired) electrons. The molecule has 0 bridgehead atoms. The molecule has 1 aromatic carbocycles. The van der Waals surface area contributed by atoms with Gasteiger partial charge in [0.15, 0.2) is 0 Å². The summed E-state index contributed by atoms with van der Waals surface area (Å²) in [6.45, 7) is 9.87. The molecule has 13 nitrogen and oxygen atoms in total. The van der Waals surface area contributed by atoms with Crippen molar-refractivity contribution >= 4 is 35.2 Å². The van der Waals surface area contributed by atoms with Crippen LogP contribution in [-0.4, -0.2) is 101 Å². The van der Waals surface area contributed by atoms with Gasteiger partial charge in [-0.2, -0.15) is 0 Å². The van der Waals surface area contributed by atoms with E-state index in [4.69, 9.17) is 10.5 Å². The van der Waals surface area contributed by atoms with Crippen LogP contribution in [-0.2, 0) is 4.74 Å². The van der Waals surface area contributed by atoms with Crippen molar-refractivity contribution in [3.63, 3.8) is 0 Å². The van der Waals surface area contributed by atoms with Crippen LogP contribution in [0.25, 0.3) is 0 Å². The number of piperazine rings is 1. The van der Waals surface area contributed by atoms with Gasteiger partial charge in [0.25, 0.3) is 5.91 Å². The molecule has 2 aromatic rings. The minimum atomic E-state index is -0.511. The van der Waals surface area contributed by atoms with E-state index in [0.717, 1.165) is 5.69 Å². The first-order chi connectivity index (χ1) is 17.6. The first-order valence-electron chi connectivity index (χ1n) is 12.4. The lowest BCUT2D eigenvalue weighted by Crippen LogP contribution is -2.50. The SMILES string of the molecule is CC(C)(C)OC(=O)N1CCN(c2ccc(NC(=O)N3CCCN(C(=O)c4nonc4N)CC3)cc2)CC1. The zero-order valence-electron chi connectivity index (χ0n) is 21.5. The van der Waals surface area contributed by atoms with Gasteiger partial charge < -0.3 is 35.4 Å². The summed E-state index contributed by atoms with van der Waals surface area (Å²) in [5, 5.41) is 9.96. The van der Waals surface area contributed by atoms with E-state index in [9.17, 15) is 14.4 Å². The summed E-state index contributed by atoms with van der Waals surface area (Å²) in [4.78, 5) is 45.0. The number of anilines is 3. The molecule has 4 rings (SSSR count). The van der Waals surface area contributed by atoms with E-state index in [0.29, 0.717) is 64.5 Å². The highest BCUT2D eigenvalue weighted by molar-refractivity contribution is 5.96. The third-order valence-electron chi connectivity index (χ3n) is 6.20. The van der Waals surface area contributed by atoms with Gasteiger partial charge in [0.05, 0.1) is 0 Å². The molecule has 4 amide bonds. The van der Waals surface area contributed by atoms with Crippen LogP contribution in [0.4, 0.5) is 26.8 Å². The Morgan fingerprint density at radius 1 is 0.892 bits per heavy atom. The maximum atomic E-state index is 12.9. The monoisotopic (exact) mass is 514 g/mol. The van der Waals surface area contributed by atoms with E-state index in [-0.39, 0.29) is 29.5 Å². The highest BCUT2D eigenvalue weighted by Crippen LogP contribution is 2.21. The molecule has 0 saturated carbocycles. The van der Waals surface area contributed by atoms with Crippen molar-refractivity contribution in [2.24, 2.45) is 0 Å². The molecule has 0 aliphatic carbocycles. The summed E-state index contributed by atoms with van der Waals surface area (Å²) < 4.78 is 9.98. The van der Waals surface area contributed by atoms with Gasteiger partial charge in [0.1, 0.15) is 5.60 Å². The number of carbonyl (C=O) groups excluding carboxylic acids is 3. The fraction of sp³-hybridized carbons (Fsp3) is 0.542. The van der Waals surface area contributed by atoms with Gasteiger partial charge in [-0.3, -0.25) is 4.79 Å². The second-order valence-corrected chi connectivity index (χ2v) is 10.1. The smallest absolute Gasteiger partial charge is 0.410 e. The topological polar surface area (TPSA) is 150 Å². The number of hydrogen-bond donors (Lipinski definition) is 2. The average molecular weight is 515 g/mol. The van der Waals surface area contributed by atoms with Gasteiger partial charge in [-0.05, 0) is 61.8 Å². The number of nitrogens with zero attached hydrogens (tertiary/aromatic N) is 6. The molecule has 2 aliphatic heterocycles. The number of rotatable bonds is 3. The van der Waals surface area contributed by atoms with Crippen LogP contribution in [0.3, 0.4) is 0 Å². The minimum Gasteiger partial charge on any atom is -0.444 e. The third kappa shape index (κ3) is 6.60. The summed E-state index contributed by atoms with van der Waals surface area (Å²) in [6, 6.07) is 7.41. The molecule has 13 heteroatoms. The standard InChI is InChI=1S/C24H34N8O5/c1-24(2,3)36-23(35)32-15-11-29(12-16-32)18-7-5-17(6-8-18)26-22(34)31-10-4-9-30(13-14-31)21(33)19-20(25)28-37-27-19/h5-8H,4,9-16H2,1-3H3,(H2,25,28)(H,26,34). The van der Waals surface area contributed by atoms with E-state index in [2.05, 4.69) is 25.2 Å². The van der Waals surface area contributed by atoms with Crippen LogP contribution < -0.4 is 16.0 Å². The molecule has 200 valence electrons. The Bertz CT molecular complexity index is 1110. The number of benzene rings is 1. The second-order valence-electron chi connectivity index (χ2n) is 10.1. The van der Waals surface area contributed by atoms with Gasteiger partial charge in [-0.15, -0.1) is 0 Å². The maximum absolute atomic E-state index is 12.9. The average Bonchev–Trinajstić information content (AvgIpc) is 3.13. The van der Waals surface area contributed by atoms with E-state index in [1.54, 1.807) is 14.7 Å². The largest absolute Gasteiger partial charge is 0.444 e. The van der Waals surface area contributed by atoms with Gasteiger partial charge in [-0.1, -0.05) is 0 Å². The molecule has 0 spiro atoms. The van der Waals surface area contributed by atoms with Gasteiger partial charge in [-0.25, -0.2) is 14.2 Å². The quantitative estimate of drug-likeness (QED) is 0.627. The van der Waals surface area contributed by atoms with E-state index < -0.39 is 5.60 Å². The molecule has 0 unspecified atom stereocenters. The van der Waals surface area contributed by atoms with Crippen LogP contribution in [0, 0.1) is 0 Å². The number of carbonyl (C=O) groups is 3. The Morgan fingerprint density at radius 2 is 1.51 bits per heavy atom. The Hall–Kier alpha value is -4.03. The lowest BCUT2D eigenvalue weighted by Gasteiger charge is -2.36. The lowest BCUT2D eigenvalue weighted by atomic mass is 10.2. The van der Waals surface area contributed by atoms with Crippen LogP contribution in [0.5, 0.6) is 0 Å². The predicted molar refractivity (Wildman–Crippen MR) is 136 cm³/mol. The summed E-state index contributed by atoms with van der Waals surface area (Å²) in [5.41, 5.74) is 6.81. The van der Waals surface area contributed by atoms with E-state index in [1.807, 2.05) is 45.0 Å². The lowest BCUT2D eigenvalue weighted by molar-refractivity contribution is 0.0240. The molecule has 2 fully saturated rings. The van der Waals surface area contributed by atoms with Crippen LogP contribution in [0.15, 0.2) is 28.9 Å². The molecule has 3 N–H and O–H groups in total. The Labute approximate surface area is 215 Å². The number of hydrogen-bond acceptors (Lipinski definition) is 9. The normalized spacial score (nSPS) is 16.8. The van der Waals surface area contributed by atoms with Crippen molar-refractivity contribution in [1.82, 2.24) is 25.0 Å². The summed E-state index contributed by atoms with van der Waals surface area (Å²) >= 11 is 0. The van der Waals surface area contributed by atoms with Gasteiger partial charge in [0.2, 0.25) is 11.5 Å². The fourth-order valence-corrected chi connectivity index (χ4v) is 4.25. The Morgan fingerprint density at radius 3 is 2.14 bits per heavy atom. The van der Waals surface area contributed by atoms with E-state index in [1.165, 1.54) is 0 Å². The van der Waals surface area contributed by atoms with Crippen LogP contribution >= 0.6 is 0 Å². The van der Waals surface area contributed by atoms with Crippen molar-refractivity contribution in [1.29, 1.82) is 0 Å². The summed E-state index contributed by atoms with van der Waals surface area (Å²) in [7, 11) is 0. The Balaban J connectivity index is 1.26. The van der Waals surface area contributed by atoms with Crippen LogP contribution in [0.2, 0.25) is 0 Å². The van der Waals surface area contributed by atoms with Crippen molar-refractivity contribution in [3.8, 4) is 0 Å². The number of nitrogens with one attached hydrogen (secondary N) is 1. The summed E-state index contributed by atoms with van der Waals surface area (Å²) in [6.07, 6.45) is 0.337. The Kier molecular flexibility index (Phi) is 7.69. The van der Waals surface area contributed by atoms with Crippen molar-refractivity contribution in [2.45, 2.75) is 32.8 Å². The summed E-state index contributed by atoms with van der Waals surface area (Å²) in [5.74, 6) is -0.402. The number of nitrogens with two attached hydrogens (primary N) is 1. The minimum absolute atomic E-state index is 0.00996. The van der Waals surface area contributed by atoms with Crippen LogP contribution in [0.1, 0.15) is 37.7 Å².